The highest BCUT2D eigenvalue weighted by Gasteiger charge is 2.27. The molecule has 0 bridgehead atoms. The van der Waals surface area contributed by atoms with Crippen molar-refractivity contribution in [3.8, 4) is 0 Å². The van der Waals surface area contributed by atoms with Crippen molar-refractivity contribution in [2.75, 3.05) is 23.3 Å². The van der Waals surface area contributed by atoms with Gasteiger partial charge in [0.25, 0.3) is 0 Å². The molecule has 3 N–H and O–H groups in total. The second kappa shape index (κ2) is 6.42. The summed E-state index contributed by atoms with van der Waals surface area (Å²) in [7, 11) is 0. The van der Waals surface area contributed by atoms with Gasteiger partial charge in [0.05, 0.1) is 23.6 Å². The van der Waals surface area contributed by atoms with Gasteiger partial charge in [-0.2, -0.15) is 0 Å². The lowest BCUT2D eigenvalue weighted by atomic mass is 9.87. The Balaban J connectivity index is 1.68. The molecule has 1 aliphatic carbocycles. The smallest absolute Gasteiger partial charge is 0.129 e. The number of aromatic nitrogens is 1. The molecule has 2 heterocycles. The van der Waals surface area contributed by atoms with Crippen molar-refractivity contribution >= 4 is 11.5 Å². The van der Waals surface area contributed by atoms with Gasteiger partial charge < -0.3 is 20.7 Å². The molecule has 5 heteroatoms. The Morgan fingerprint density at radius 3 is 2.77 bits per heavy atom. The summed E-state index contributed by atoms with van der Waals surface area (Å²) >= 11 is 0. The molecule has 0 radical (unpaired) electrons. The normalized spacial score (nSPS) is 31.7. The molecule has 3 rings (SSSR count). The number of nitrogens with two attached hydrogens (primary N) is 1. The van der Waals surface area contributed by atoms with Gasteiger partial charge in [-0.1, -0.05) is 6.92 Å². The number of anilines is 2. The third-order valence-electron chi connectivity index (χ3n) is 4.71. The zero-order valence-corrected chi connectivity index (χ0v) is 13.9. The molecule has 1 aliphatic heterocycles. The SMILES string of the molecule is CC[C@@H]1CN(c2ccc(NC3CC(N)C3)c(C)n2)C[C@H](C)O1. The van der Waals surface area contributed by atoms with Crippen LogP contribution in [0.5, 0.6) is 0 Å². The van der Waals surface area contributed by atoms with Gasteiger partial charge in [0.1, 0.15) is 5.82 Å². The molecule has 0 unspecified atom stereocenters. The zero-order chi connectivity index (χ0) is 15.7. The summed E-state index contributed by atoms with van der Waals surface area (Å²) in [6.07, 6.45) is 3.72. The van der Waals surface area contributed by atoms with Gasteiger partial charge in [0.2, 0.25) is 0 Å². The second-order valence-corrected chi connectivity index (χ2v) is 6.76. The van der Waals surface area contributed by atoms with Crippen LogP contribution in [0.15, 0.2) is 12.1 Å². The molecule has 1 aromatic heterocycles. The van der Waals surface area contributed by atoms with Gasteiger partial charge in [-0.15, -0.1) is 0 Å². The lowest BCUT2D eigenvalue weighted by molar-refractivity contribution is -0.0174. The minimum atomic E-state index is 0.259. The van der Waals surface area contributed by atoms with Crippen molar-refractivity contribution in [3.63, 3.8) is 0 Å². The highest BCUT2D eigenvalue weighted by atomic mass is 16.5. The minimum Gasteiger partial charge on any atom is -0.381 e. The Labute approximate surface area is 133 Å². The molecule has 2 atom stereocenters. The van der Waals surface area contributed by atoms with E-state index in [0.717, 1.165) is 49.6 Å². The molecule has 22 heavy (non-hydrogen) atoms. The predicted octanol–water partition coefficient (Wildman–Crippen LogP) is 2.30. The average molecular weight is 304 g/mol. The molecule has 1 saturated heterocycles. The fourth-order valence-corrected chi connectivity index (χ4v) is 3.33. The summed E-state index contributed by atoms with van der Waals surface area (Å²) < 4.78 is 5.93. The number of rotatable bonds is 4. The van der Waals surface area contributed by atoms with E-state index in [4.69, 9.17) is 15.5 Å². The molecular formula is C17H28N4O. The number of pyridine rings is 1. The summed E-state index contributed by atoms with van der Waals surface area (Å²) in [6, 6.07) is 5.15. The van der Waals surface area contributed by atoms with E-state index in [0.29, 0.717) is 18.2 Å². The molecule has 1 saturated carbocycles. The number of hydrogen-bond donors (Lipinski definition) is 2. The molecule has 1 aromatic rings. The van der Waals surface area contributed by atoms with Crippen molar-refractivity contribution in [1.29, 1.82) is 0 Å². The third-order valence-corrected chi connectivity index (χ3v) is 4.71. The largest absolute Gasteiger partial charge is 0.381 e. The molecule has 5 nitrogen and oxygen atoms in total. The van der Waals surface area contributed by atoms with Gasteiger partial charge in [0, 0.05) is 25.2 Å². The van der Waals surface area contributed by atoms with E-state index in [-0.39, 0.29) is 6.10 Å². The van der Waals surface area contributed by atoms with Crippen LogP contribution in [0, 0.1) is 6.92 Å². The molecule has 2 fully saturated rings. The van der Waals surface area contributed by atoms with E-state index in [1.54, 1.807) is 0 Å². The summed E-state index contributed by atoms with van der Waals surface area (Å²) in [5.41, 5.74) is 8.04. The first-order valence-electron chi connectivity index (χ1n) is 8.45. The molecule has 122 valence electrons. The summed E-state index contributed by atoms with van der Waals surface area (Å²) in [5.74, 6) is 1.06. The average Bonchev–Trinajstić information content (AvgIpc) is 2.46. The Morgan fingerprint density at radius 2 is 2.14 bits per heavy atom. The monoisotopic (exact) mass is 304 g/mol. The molecule has 0 spiro atoms. The summed E-state index contributed by atoms with van der Waals surface area (Å²) in [4.78, 5) is 7.15. The van der Waals surface area contributed by atoms with Crippen LogP contribution in [0.2, 0.25) is 0 Å². The number of morpholine rings is 1. The fraction of sp³-hybridized carbons (Fsp3) is 0.706. The first-order chi connectivity index (χ1) is 10.5. The van der Waals surface area contributed by atoms with Crippen LogP contribution in [0.4, 0.5) is 11.5 Å². The van der Waals surface area contributed by atoms with Crippen LogP contribution < -0.4 is 16.0 Å². The van der Waals surface area contributed by atoms with E-state index in [1.165, 1.54) is 0 Å². The van der Waals surface area contributed by atoms with Crippen molar-refractivity contribution in [1.82, 2.24) is 4.98 Å². The predicted molar refractivity (Wildman–Crippen MR) is 90.4 cm³/mol. The minimum absolute atomic E-state index is 0.259. The lowest BCUT2D eigenvalue weighted by Gasteiger charge is -2.37. The van der Waals surface area contributed by atoms with Crippen LogP contribution in [-0.4, -0.2) is 42.4 Å². The summed E-state index contributed by atoms with van der Waals surface area (Å²) in [6.45, 7) is 8.23. The standard InChI is InChI=1S/C17H28N4O/c1-4-15-10-21(9-11(2)22-15)17-6-5-16(12(3)19-17)20-14-7-13(18)8-14/h5-6,11,13-15,20H,4,7-10,18H2,1-3H3/t11-,13?,14?,15+/m0/s1. The fourth-order valence-electron chi connectivity index (χ4n) is 3.33. The maximum atomic E-state index is 5.93. The Kier molecular flexibility index (Phi) is 4.54. The Bertz CT molecular complexity index is 515. The van der Waals surface area contributed by atoms with E-state index < -0.39 is 0 Å². The lowest BCUT2D eigenvalue weighted by Crippen LogP contribution is -2.47. The molecule has 0 aromatic carbocycles. The number of aryl methyl sites for hydroxylation is 1. The van der Waals surface area contributed by atoms with Crippen LogP contribution in [0.1, 0.15) is 38.8 Å². The highest BCUT2D eigenvalue weighted by Crippen LogP contribution is 2.27. The van der Waals surface area contributed by atoms with Gasteiger partial charge >= 0.3 is 0 Å². The van der Waals surface area contributed by atoms with Crippen molar-refractivity contribution in [2.24, 2.45) is 5.73 Å². The number of hydrogen-bond acceptors (Lipinski definition) is 5. The highest BCUT2D eigenvalue weighted by molar-refractivity contribution is 5.54. The number of nitrogens with zero attached hydrogens (tertiary/aromatic N) is 2. The molecule has 0 amide bonds. The van der Waals surface area contributed by atoms with Crippen LogP contribution in [0.25, 0.3) is 0 Å². The van der Waals surface area contributed by atoms with Crippen LogP contribution >= 0.6 is 0 Å². The molecule has 2 aliphatic rings. The Morgan fingerprint density at radius 1 is 1.36 bits per heavy atom. The van der Waals surface area contributed by atoms with E-state index >= 15 is 0 Å². The first kappa shape index (κ1) is 15.6. The van der Waals surface area contributed by atoms with Gasteiger partial charge in [-0.25, -0.2) is 4.98 Å². The van der Waals surface area contributed by atoms with Gasteiger partial charge in [0.15, 0.2) is 0 Å². The van der Waals surface area contributed by atoms with Crippen molar-refractivity contribution < 1.29 is 4.74 Å². The first-order valence-corrected chi connectivity index (χ1v) is 8.45. The number of ether oxygens (including phenoxy) is 1. The number of nitrogens with one attached hydrogen (secondary N) is 1. The zero-order valence-electron chi connectivity index (χ0n) is 13.9. The van der Waals surface area contributed by atoms with E-state index in [1.807, 2.05) is 0 Å². The summed E-state index contributed by atoms with van der Waals surface area (Å²) in [5, 5.41) is 3.55. The second-order valence-electron chi connectivity index (χ2n) is 6.76. The van der Waals surface area contributed by atoms with Crippen LogP contribution in [0.3, 0.4) is 0 Å². The van der Waals surface area contributed by atoms with Crippen LogP contribution in [-0.2, 0) is 4.74 Å². The maximum absolute atomic E-state index is 5.93. The van der Waals surface area contributed by atoms with Crippen molar-refractivity contribution in [2.45, 2.75) is 64.3 Å². The van der Waals surface area contributed by atoms with E-state index in [2.05, 4.69) is 43.1 Å². The topological polar surface area (TPSA) is 63.4 Å². The quantitative estimate of drug-likeness (QED) is 0.893. The molecular weight excluding hydrogens is 276 g/mol. The maximum Gasteiger partial charge on any atom is 0.129 e. The van der Waals surface area contributed by atoms with Gasteiger partial charge in [-0.05, 0) is 45.2 Å². The van der Waals surface area contributed by atoms with Crippen molar-refractivity contribution in [3.05, 3.63) is 17.8 Å². The Hall–Kier alpha value is -1.33. The third kappa shape index (κ3) is 3.36. The van der Waals surface area contributed by atoms with Gasteiger partial charge in [-0.3, -0.25) is 0 Å². The van der Waals surface area contributed by atoms with E-state index in [9.17, 15) is 0 Å².